The van der Waals surface area contributed by atoms with Crippen LogP contribution in [-0.4, -0.2) is 54.0 Å². The van der Waals surface area contributed by atoms with Gasteiger partial charge in [0.05, 0.1) is 12.2 Å². The number of aliphatic hydroxyl groups excluding tert-OH is 1. The molecule has 2 atom stereocenters. The Labute approximate surface area is 135 Å². The van der Waals surface area contributed by atoms with Gasteiger partial charge in [-0.05, 0) is 19.8 Å². The summed E-state index contributed by atoms with van der Waals surface area (Å²) < 4.78 is 5.81. The molecule has 0 amide bonds. The zero-order valence-electron chi connectivity index (χ0n) is 13.0. The number of hydrogen-bond donors (Lipinski definition) is 2. The maximum Gasteiger partial charge on any atom is 0.157 e. The fourth-order valence-corrected chi connectivity index (χ4v) is 3.98. The Morgan fingerprint density at radius 3 is 2.77 bits per heavy atom. The van der Waals surface area contributed by atoms with Crippen molar-refractivity contribution >= 4 is 23.1 Å². The highest BCUT2D eigenvalue weighted by Crippen LogP contribution is 2.51. The molecule has 2 aliphatic rings. The predicted molar refractivity (Wildman–Crippen MR) is 86.5 cm³/mol. The zero-order valence-corrected chi connectivity index (χ0v) is 13.8. The van der Waals surface area contributed by atoms with Crippen molar-refractivity contribution in [2.24, 2.45) is 5.41 Å². The molecule has 0 unspecified atom stereocenters. The molecule has 0 radical (unpaired) electrons. The van der Waals surface area contributed by atoms with Crippen molar-refractivity contribution in [2.45, 2.75) is 38.4 Å². The second-order valence-electron chi connectivity index (χ2n) is 6.03. The van der Waals surface area contributed by atoms with Crippen molar-refractivity contribution in [3.8, 4) is 0 Å². The molecule has 2 fully saturated rings. The van der Waals surface area contributed by atoms with Crippen LogP contribution < -0.4 is 10.2 Å². The molecule has 1 aliphatic heterocycles. The van der Waals surface area contributed by atoms with Crippen LogP contribution in [0.25, 0.3) is 0 Å². The van der Waals surface area contributed by atoms with Gasteiger partial charge in [0.15, 0.2) is 11.0 Å². The Bertz CT molecular complexity index is 532. The molecule has 1 saturated heterocycles. The van der Waals surface area contributed by atoms with Crippen LogP contribution in [0.5, 0.6) is 0 Å². The summed E-state index contributed by atoms with van der Waals surface area (Å²) in [7, 11) is 1.82. The molecule has 0 bridgehead atoms. The number of anilines is 2. The molecule has 1 spiro atoms. The highest BCUT2D eigenvalue weighted by atomic mass is 35.5. The third-order valence-electron chi connectivity index (χ3n) is 5.13. The van der Waals surface area contributed by atoms with E-state index in [1.807, 2.05) is 14.0 Å². The largest absolute Gasteiger partial charge is 0.392 e. The van der Waals surface area contributed by atoms with Crippen LogP contribution in [0.15, 0.2) is 6.33 Å². The fourth-order valence-electron chi connectivity index (χ4n) is 3.76. The van der Waals surface area contributed by atoms with E-state index in [1.165, 1.54) is 6.33 Å². The Morgan fingerprint density at radius 2 is 2.18 bits per heavy atom. The maximum atomic E-state index is 10.3. The number of halogens is 1. The lowest BCUT2D eigenvalue weighted by Crippen LogP contribution is -2.62. The van der Waals surface area contributed by atoms with E-state index in [-0.39, 0.29) is 17.6 Å². The molecule has 1 aliphatic carbocycles. The van der Waals surface area contributed by atoms with Crippen LogP contribution >= 0.6 is 11.6 Å². The van der Waals surface area contributed by atoms with Gasteiger partial charge in [-0.25, -0.2) is 9.97 Å². The Hall–Kier alpha value is -1.11. The van der Waals surface area contributed by atoms with E-state index in [2.05, 4.69) is 20.2 Å². The number of rotatable bonds is 4. The van der Waals surface area contributed by atoms with Gasteiger partial charge in [-0.1, -0.05) is 11.6 Å². The van der Waals surface area contributed by atoms with Gasteiger partial charge in [-0.3, -0.25) is 0 Å². The molecule has 1 aromatic rings. The topological polar surface area (TPSA) is 70.5 Å². The third kappa shape index (κ3) is 2.43. The average Bonchev–Trinajstić information content (AvgIpc) is 2.54. The van der Waals surface area contributed by atoms with Crippen molar-refractivity contribution < 1.29 is 9.84 Å². The summed E-state index contributed by atoms with van der Waals surface area (Å²) in [5.41, 5.74) is 0.680. The van der Waals surface area contributed by atoms with E-state index in [9.17, 15) is 5.11 Å². The monoisotopic (exact) mass is 326 g/mol. The summed E-state index contributed by atoms with van der Waals surface area (Å²) in [5, 5.41) is 13.8. The first-order chi connectivity index (χ1) is 10.6. The lowest BCUT2D eigenvalue weighted by atomic mass is 9.58. The number of aromatic nitrogens is 2. The van der Waals surface area contributed by atoms with Crippen LogP contribution in [0.1, 0.15) is 26.2 Å². The number of ether oxygens (including phenoxy) is 1. The zero-order chi connectivity index (χ0) is 15.7. The molecule has 22 heavy (non-hydrogen) atoms. The second-order valence-corrected chi connectivity index (χ2v) is 6.39. The first-order valence-electron chi connectivity index (χ1n) is 7.85. The summed E-state index contributed by atoms with van der Waals surface area (Å²) in [5.74, 6) is 0.833. The normalized spacial score (nSPS) is 26.8. The Kier molecular flexibility index (Phi) is 4.43. The van der Waals surface area contributed by atoms with Crippen LogP contribution in [0.2, 0.25) is 5.15 Å². The van der Waals surface area contributed by atoms with Crippen molar-refractivity contribution in [1.29, 1.82) is 0 Å². The third-order valence-corrected chi connectivity index (χ3v) is 5.42. The minimum atomic E-state index is -0.246. The molecule has 122 valence electrons. The van der Waals surface area contributed by atoms with Crippen LogP contribution in [0.3, 0.4) is 0 Å². The number of aliphatic hydroxyl groups is 1. The summed E-state index contributed by atoms with van der Waals surface area (Å²) in [4.78, 5) is 10.6. The molecular weight excluding hydrogens is 304 g/mol. The maximum absolute atomic E-state index is 10.3. The van der Waals surface area contributed by atoms with Crippen LogP contribution in [-0.2, 0) is 4.74 Å². The highest BCUT2D eigenvalue weighted by molar-refractivity contribution is 6.32. The van der Waals surface area contributed by atoms with Crippen molar-refractivity contribution in [3.63, 3.8) is 0 Å². The summed E-state index contributed by atoms with van der Waals surface area (Å²) in [6.07, 6.45) is 4.00. The fraction of sp³-hybridized carbons (Fsp3) is 0.733. The van der Waals surface area contributed by atoms with Gasteiger partial charge in [0.1, 0.15) is 12.0 Å². The smallest absolute Gasteiger partial charge is 0.157 e. The SMILES string of the molecule is CCO[C@H]1C[C@H](O)C12CCN(c1ncnc(Cl)c1NC)CC2. The van der Waals surface area contributed by atoms with Crippen molar-refractivity contribution in [1.82, 2.24) is 9.97 Å². The van der Waals surface area contributed by atoms with E-state index in [4.69, 9.17) is 16.3 Å². The quantitative estimate of drug-likeness (QED) is 0.824. The van der Waals surface area contributed by atoms with E-state index in [1.54, 1.807) is 0 Å². The Morgan fingerprint density at radius 1 is 1.45 bits per heavy atom. The van der Waals surface area contributed by atoms with Gasteiger partial charge in [-0.15, -0.1) is 0 Å². The predicted octanol–water partition coefficient (Wildman–Crippen LogP) is 1.93. The molecule has 0 aromatic carbocycles. The highest BCUT2D eigenvalue weighted by Gasteiger charge is 2.56. The van der Waals surface area contributed by atoms with Crippen molar-refractivity contribution in [3.05, 3.63) is 11.5 Å². The van der Waals surface area contributed by atoms with Gasteiger partial charge < -0.3 is 20.1 Å². The van der Waals surface area contributed by atoms with E-state index in [0.29, 0.717) is 11.8 Å². The molecule has 1 aromatic heterocycles. The molecule has 2 heterocycles. The number of hydrogen-bond acceptors (Lipinski definition) is 6. The van der Waals surface area contributed by atoms with Gasteiger partial charge in [0, 0.05) is 38.6 Å². The number of piperidine rings is 1. The lowest BCUT2D eigenvalue weighted by Gasteiger charge is -2.56. The summed E-state index contributed by atoms with van der Waals surface area (Å²) in [6.45, 7) is 4.38. The van der Waals surface area contributed by atoms with Gasteiger partial charge in [0.25, 0.3) is 0 Å². The minimum Gasteiger partial charge on any atom is -0.392 e. The average molecular weight is 327 g/mol. The van der Waals surface area contributed by atoms with Crippen LogP contribution in [0.4, 0.5) is 11.5 Å². The first-order valence-corrected chi connectivity index (χ1v) is 8.23. The number of nitrogens with zero attached hydrogens (tertiary/aromatic N) is 3. The minimum absolute atomic E-state index is 0.0802. The van der Waals surface area contributed by atoms with E-state index in [0.717, 1.165) is 43.9 Å². The van der Waals surface area contributed by atoms with E-state index >= 15 is 0 Å². The summed E-state index contributed by atoms with van der Waals surface area (Å²) in [6, 6.07) is 0. The summed E-state index contributed by atoms with van der Waals surface area (Å²) >= 11 is 6.13. The van der Waals surface area contributed by atoms with E-state index < -0.39 is 0 Å². The van der Waals surface area contributed by atoms with Gasteiger partial charge in [-0.2, -0.15) is 0 Å². The second kappa shape index (κ2) is 6.18. The standard InChI is InChI=1S/C15H23ClN4O2/c1-3-22-11-8-10(21)15(11)4-6-20(7-5-15)14-12(17-2)13(16)18-9-19-14/h9-11,17,21H,3-8H2,1-2H3/t10-,11-/m0/s1. The van der Waals surface area contributed by atoms with Crippen molar-refractivity contribution in [2.75, 3.05) is 37.0 Å². The molecule has 6 nitrogen and oxygen atoms in total. The lowest BCUT2D eigenvalue weighted by molar-refractivity contribution is -0.199. The molecule has 2 N–H and O–H groups in total. The molecule has 3 rings (SSSR count). The van der Waals surface area contributed by atoms with Crippen LogP contribution in [0, 0.1) is 5.41 Å². The number of nitrogens with one attached hydrogen (secondary N) is 1. The molecule has 1 saturated carbocycles. The molecular formula is C15H23ClN4O2. The molecule has 7 heteroatoms. The first kappa shape index (κ1) is 15.8. The van der Waals surface area contributed by atoms with Gasteiger partial charge in [0.2, 0.25) is 0 Å². The van der Waals surface area contributed by atoms with Gasteiger partial charge >= 0.3 is 0 Å². The Balaban J connectivity index is 1.73.